The van der Waals surface area contributed by atoms with Gasteiger partial charge in [0.1, 0.15) is 17.9 Å². The molecule has 0 aliphatic carbocycles. The Bertz CT molecular complexity index is 458. The van der Waals surface area contributed by atoms with Crippen molar-refractivity contribution >= 4 is 17.6 Å². The molecule has 0 atom stereocenters. The van der Waals surface area contributed by atoms with Gasteiger partial charge in [-0.25, -0.2) is 4.79 Å². The Morgan fingerprint density at radius 3 is 2.68 bits per heavy atom. The van der Waals surface area contributed by atoms with Gasteiger partial charge < -0.3 is 19.9 Å². The van der Waals surface area contributed by atoms with Crippen molar-refractivity contribution in [2.45, 2.75) is 13.3 Å². The molecule has 0 spiro atoms. The summed E-state index contributed by atoms with van der Waals surface area (Å²) in [5, 5.41) is 0. The molecule has 0 aromatic heterocycles. The number of methoxy groups -OCH3 is 1. The Balaban J connectivity index is 2.73. The number of rotatable bonds is 6. The summed E-state index contributed by atoms with van der Waals surface area (Å²) in [7, 11) is 1.27. The van der Waals surface area contributed by atoms with E-state index in [2.05, 4.69) is 4.74 Å². The summed E-state index contributed by atoms with van der Waals surface area (Å²) in [4.78, 5) is 22.8. The number of hydrogen-bond donors (Lipinski definition) is 1. The van der Waals surface area contributed by atoms with Crippen molar-refractivity contribution in [3.63, 3.8) is 0 Å². The highest BCUT2D eigenvalue weighted by Gasteiger charge is 2.17. The number of carbonyl (C=O) groups excluding carboxylic acids is 2. The van der Waals surface area contributed by atoms with Crippen molar-refractivity contribution in [1.82, 2.24) is 0 Å². The molecule has 0 saturated heterocycles. The van der Waals surface area contributed by atoms with Crippen LogP contribution in [-0.4, -0.2) is 32.3 Å². The molecular formula is C13H17NO5. The Hall–Kier alpha value is -2.24. The number of esters is 2. The average Bonchev–Trinajstić information content (AvgIpc) is 2.38. The molecule has 0 heterocycles. The van der Waals surface area contributed by atoms with Crippen LogP contribution in [0.2, 0.25) is 0 Å². The minimum absolute atomic E-state index is 0.00105. The Morgan fingerprint density at radius 1 is 1.32 bits per heavy atom. The van der Waals surface area contributed by atoms with Crippen molar-refractivity contribution < 1.29 is 23.8 Å². The lowest BCUT2D eigenvalue weighted by molar-refractivity contribution is -0.141. The van der Waals surface area contributed by atoms with Gasteiger partial charge in [-0.2, -0.15) is 0 Å². The van der Waals surface area contributed by atoms with E-state index in [-0.39, 0.29) is 24.3 Å². The molecule has 1 rings (SSSR count). The Morgan fingerprint density at radius 2 is 2.05 bits per heavy atom. The second-order valence-electron chi connectivity index (χ2n) is 3.62. The van der Waals surface area contributed by atoms with E-state index in [1.165, 1.54) is 7.11 Å². The summed E-state index contributed by atoms with van der Waals surface area (Å²) in [6.07, 6.45) is -0.00105. The molecule has 1 aromatic rings. The van der Waals surface area contributed by atoms with E-state index >= 15 is 0 Å². The molecule has 0 unspecified atom stereocenters. The summed E-state index contributed by atoms with van der Waals surface area (Å²) in [6, 6.07) is 4.90. The summed E-state index contributed by atoms with van der Waals surface area (Å²) in [6.45, 7) is 2.15. The number of nitrogens with two attached hydrogens (primary N) is 1. The van der Waals surface area contributed by atoms with Gasteiger partial charge in [-0.1, -0.05) is 6.07 Å². The van der Waals surface area contributed by atoms with Crippen LogP contribution in [0.5, 0.6) is 5.75 Å². The SMILES string of the molecule is CCOc1cccc(N)c1C(=O)OCCC(=O)OC. The first-order valence-corrected chi connectivity index (χ1v) is 5.85. The fourth-order valence-electron chi connectivity index (χ4n) is 1.44. The van der Waals surface area contributed by atoms with Crippen LogP contribution in [0.4, 0.5) is 5.69 Å². The monoisotopic (exact) mass is 267 g/mol. The quantitative estimate of drug-likeness (QED) is 0.619. The zero-order valence-corrected chi connectivity index (χ0v) is 11.0. The van der Waals surface area contributed by atoms with Gasteiger partial charge in [0.25, 0.3) is 0 Å². The molecule has 6 heteroatoms. The molecule has 0 aliphatic heterocycles. The number of ether oxygens (including phenoxy) is 3. The van der Waals surface area contributed by atoms with Crippen molar-refractivity contribution in [3.8, 4) is 5.75 Å². The van der Waals surface area contributed by atoms with Crippen LogP contribution in [0.1, 0.15) is 23.7 Å². The summed E-state index contributed by atoms with van der Waals surface area (Å²) < 4.78 is 14.7. The van der Waals surface area contributed by atoms with E-state index in [1.807, 2.05) is 0 Å². The third-order valence-corrected chi connectivity index (χ3v) is 2.33. The first-order chi connectivity index (χ1) is 9.10. The van der Waals surface area contributed by atoms with Gasteiger partial charge in [0.15, 0.2) is 0 Å². The maximum atomic E-state index is 11.9. The predicted octanol–water partition coefficient (Wildman–Crippen LogP) is 1.39. The number of hydrogen-bond acceptors (Lipinski definition) is 6. The maximum absolute atomic E-state index is 11.9. The van der Waals surface area contributed by atoms with Crippen LogP contribution < -0.4 is 10.5 Å². The van der Waals surface area contributed by atoms with E-state index in [0.29, 0.717) is 12.4 Å². The van der Waals surface area contributed by atoms with Gasteiger partial charge in [0.2, 0.25) is 0 Å². The van der Waals surface area contributed by atoms with Gasteiger partial charge in [-0.15, -0.1) is 0 Å². The first-order valence-electron chi connectivity index (χ1n) is 5.85. The van der Waals surface area contributed by atoms with E-state index < -0.39 is 11.9 Å². The standard InChI is InChI=1S/C13H17NO5/c1-3-18-10-6-4-5-9(14)12(10)13(16)19-8-7-11(15)17-2/h4-6H,3,7-8,14H2,1-2H3. The van der Waals surface area contributed by atoms with Crippen LogP contribution in [0.3, 0.4) is 0 Å². The number of benzene rings is 1. The average molecular weight is 267 g/mol. The molecule has 19 heavy (non-hydrogen) atoms. The van der Waals surface area contributed by atoms with Crippen LogP contribution in [-0.2, 0) is 14.3 Å². The normalized spacial score (nSPS) is 9.79. The van der Waals surface area contributed by atoms with Crippen LogP contribution in [0.15, 0.2) is 18.2 Å². The van der Waals surface area contributed by atoms with Crippen molar-refractivity contribution in [1.29, 1.82) is 0 Å². The molecule has 0 fully saturated rings. The number of anilines is 1. The van der Waals surface area contributed by atoms with E-state index in [0.717, 1.165) is 0 Å². The molecule has 0 bridgehead atoms. The number of nitrogen functional groups attached to an aromatic ring is 1. The Kier molecular flexibility index (Phi) is 5.66. The summed E-state index contributed by atoms with van der Waals surface area (Å²) in [5.74, 6) is -0.699. The lowest BCUT2D eigenvalue weighted by Crippen LogP contribution is -2.14. The highest BCUT2D eigenvalue weighted by atomic mass is 16.5. The molecule has 104 valence electrons. The van der Waals surface area contributed by atoms with E-state index in [9.17, 15) is 9.59 Å². The molecule has 1 aromatic carbocycles. The molecular weight excluding hydrogens is 250 g/mol. The minimum Gasteiger partial charge on any atom is -0.493 e. The summed E-state index contributed by atoms with van der Waals surface area (Å²) in [5.41, 5.74) is 6.19. The second kappa shape index (κ2) is 7.25. The van der Waals surface area contributed by atoms with Gasteiger partial charge in [0.05, 0.1) is 20.1 Å². The number of carbonyl (C=O) groups is 2. The van der Waals surface area contributed by atoms with E-state index in [1.54, 1.807) is 25.1 Å². The third kappa shape index (κ3) is 4.17. The van der Waals surface area contributed by atoms with Crippen molar-refractivity contribution in [2.24, 2.45) is 0 Å². The topological polar surface area (TPSA) is 87.9 Å². The van der Waals surface area contributed by atoms with Crippen LogP contribution in [0.25, 0.3) is 0 Å². The van der Waals surface area contributed by atoms with Gasteiger partial charge >= 0.3 is 11.9 Å². The van der Waals surface area contributed by atoms with Gasteiger partial charge in [-0.05, 0) is 19.1 Å². The summed E-state index contributed by atoms with van der Waals surface area (Å²) >= 11 is 0. The minimum atomic E-state index is -0.620. The molecule has 0 aliphatic rings. The largest absolute Gasteiger partial charge is 0.493 e. The van der Waals surface area contributed by atoms with Crippen molar-refractivity contribution in [3.05, 3.63) is 23.8 Å². The van der Waals surface area contributed by atoms with Gasteiger partial charge in [0, 0.05) is 5.69 Å². The van der Waals surface area contributed by atoms with Gasteiger partial charge in [-0.3, -0.25) is 4.79 Å². The predicted molar refractivity (Wildman–Crippen MR) is 68.9 cm³/mol. The highest BCUT2D eigenvalue weighted by Crippen LogP contribution is 2.25. The lowest BCUT2D eigenvalue weighted by Gasteiger charge is -2.11. The zero-order valence-electron chi connectivity index (χ0n) is 11.0. The fraction of sp³-hybridized carbons (Fsp3) is 0.385. The molecule has 0 saturated carbocycles. The molecule has 2 N–H and O–H groups in total. The second-order valence-corrected chi connectivity index (χ2v) is 3.62. The first kappa shape index (κ1) is 14.8. The van der Waals surface area contributed by atoms with E-state index in [4.69, 9.17) is 15.2 Å². The molecule has 6 nitrogen and oxygen atoms in total. The third-order valence-electron chi connectivity index (χ3n) is 2.33. The van der Waals surface area contributed by atoms with Crippen LogP contribution in [0, 0.1) is 0 Å². The smallest absolute Gasteiger partial charge is 0.344 e. The fourth-order valence-corrected chi connectivity index (χ4v) is 1.44. The van der Waals surface area contributed by atoms with Crippen molar-refractivity contribution in [2.75, 3.05) is 26.1 Å². The Labute approximate surface area is 111 Å². The molecule has 0 amide bonds. The van der Waals surface area contributed by atoms with Crippen LogP contribution >= 0.6 is 0 Å². The zero-order chi connectivity index (χ0) is 14.3. The maximum Gasteiger partial charge on any atom is 0.344 e. The molecule has 0 radical (unpaired) electrons. The highest BCUT2D eigenvalue weighted by molar-refractivity contribution is 5.98. The lowest BCUT2D eigenvalue weighted by atomic mass is 10.1.